The average Bonchev–Trinajstić information content (AvgIpc) is 2.60. The second-order valence-corrected chi connectivity index (χ2v) is 6.89. The first kappa shape index (κ1) is 14.3. The van der Waals surface area contributed by atoms with Crippen LogP contribution in [0.3, 0.4) is 0 Å². The van der Waals surface area contributed by atoms with Gasteiger partial charge in [-0.25, -0.2) is 13.1 Å². The maximum absolute atomic E-state index is 12.2. The molecule has 0 saturated heterocycles. The Morgan fingerprint density at radius 1 is 1.32 bits per heavy atom. The van der Waals surface area contributed by atoms with Crippen LogP contribution in [-0.2, 0) is 10.0 Å². The predicted molar refractivity (Wildman–Crippen MR) is 76.1 cm³/mol. The zero-order valence-corrected chi connectivity index (χ0v) is 13.5. The highest BCUT2D eigenvalue weighted by atomic mass is 79.9. The molecule has 0 bridgehead atoms. The molecule has 0 amide bonds. The molecule has 0 aliphatic heterocycles. The number of nitrogens with zero attached hydrogens (tertiary/aromatic N) is 2. The van der Waals surface area contributed by atoms with Crippen LogP contribution in [0.15, 0.2) is 30.5 Å². The lowest BCUT2D eigenvalue weighted by molar-refractivity contribution is 0.429. The highest BCUT2D eigenvalue weighted by Gasteiger charge is 2.24. The molecule has 0 saturated carbocycles. The van der Waals surface area contributed by atoms with E-state index in [2.05, 4.69) is 46.7 Å². The number of benzene rings is 1. The van der Waals surface area contributed by atoms with E-state index in [1.54, 1.807) is 6.92 Å². The fraction of sp³-hybridized carbons (Fsp3) is 0.111. The molecule has 1 heterocycles. The van der Waals surface area contributed by atoms with E-state index in [-0.39, 0.29) is 10.9 Å². The minimum atomic E-state index is -3.87. The third kappa shape index (κ3) is 3.07. The summed E-state index contributed by atoms with van der Waals surface area (Å²) >= 11 is 6.31. The van der Waals surface area contributed by atoms with Gasteiger partial charge >= 0.3 is 6.01 Å². The smallest absolute Gasteiger partial charge is 0.335 e. The number of nitrogen functional groups attached to an aromatic ring is 1. The molecule has 0 aliphatic rings. The standard InChI is InChI=1S/C9H8Br2N4O3S/c1-4-13-9(18-14-4)15-19(16,17)8-6(10)2-5(12)3-7(8)11/h2-3H,12H2,1H3,(H,13,14,15). The van der Waals surface area contributed by atoms with E-state index in [1.165, 1.54) is 12.1 Å². The van der Waals surface area contributed by atoms with Crippen LogP contribution in [0.2, 0.25) is 0 Å². The number of aryl methyl sites for hydroxylation is 1. The average molecular weight is 412 g/mol. The maximum Gasteiger partial charge on any atom is 0.335 e. The summed E-state index contributed by atoms with van der Waals surface area (Å²) in [4.78, 5) is 3.77. The van der Waals surface area contributed by atoms with Crippen LogP contribution >= 0.6 is 31.9 Å². The van der Waals surface area contributed by atoms with Crippen molar-refractivity contribution in [2.24, 2.45) is 0 Å². The van der Waals surface area contributed by atoms with Gasteiger partial charge in [-0.2, -0.15) is 4.98 Å². The summed E-state index contributed by atoms with van der Waals surface area (Å²) in [6.07, 6.45) is 0. The summed E-state index contributed by atoms with van der Waals surface area (Å²) < 4.78 is 32.0. The SMILES string of the molecule is Cc1noc(NS(=O)(=O)c2c(Br)cc(N)cc2Br)n1. The predicted octanol–water partition coefficient (Wildman–Crippen LogP) is 2.29. The topological polar surface area (TPSA) is 111 Å². The molecular weight excluding hydrogens is 404 g/mol. The largest absolute Gasteiger partial charge is 0.399 e. The molecule has 1 aromatic heterocycles. The fourth-order valence-electron chi connectivity index (χ4n) is 1.34. The van der Waals surface area contributed by atoms with Crippen LogP contribution in [0.1, 0.15) is 5.82 Å². The minimum absolute atomic E-state index is 0.00227. The Bertz CT molecular complexity index is 706. The zero-order chi connectivity index (χ0) is 14.2. The van der Waals surface area contributed by atoms with Gasteiger partial charge in [0.2, 0.25) is 0 Å². The van der Waals surface area contributed by atoms with Crippen molar-refractivity contribution in [1.29, 1.82) is 0 Å². The summed E-state index contributed by atoms with van der Waals surface area (Å²) in [6.45, 7) is 1.58. The van der Waals surface area contributed by atoms with E-state index in [0.717, 1.165) is 0 Å². The third-order valence-electron chi connectivity index (χ3n) is 2.04. The monoisotopic (exact) mass is 410 g/mol. The number of halogens is 2. The molecule has 2 rings (SSSR count). The molecule has 1 aromatic carbocycles. The van der Waals surface area contributed by atoms with Crippen molar-refractivity contribution in [2.75, 3.05) is 10.5 Å². The number of nitrogens with one attached hydrogen (secondary N) is 1. The molecule has 0 aliphatic carbocycles. The summed E-state index contributed by atoms with van der Waals surface area (Å²) in [5.74, 6) is 0.327. The Labute approximate surface area is 125 Å². The summed E-state index contributed by atoms with van der Waals surface area (Å²) in [7, 11) is -3.87. The molecule has 7 nitrogen and oxygen atoms in total. The normalized spacial score (nSPS) is 11.5. The second-order valence-electron chi connectivity index (χ2n) is 3.57. The molecule has 2 aromatic rings. The number of nitrogens with two attached hydrogens (primary N) is 1. The van der Waals surface area contributed by atoms with Gasteiger partial charge in [0.1, 0.15) is 4.90 Å². The van der Waals surface area contributed by atoms with Crippen molar-refractivity contribution >= 4 is 53.6 Å². The van der Waals surface area contributed by atoms with Gasteiger partial charge in [0.25, 0.3) is 10.0 Å². The van der Waals surface area contributed by atoms with Gasteiger partial charge in [0, 0.05) is 14.6 Å². The molecule has 0 radical (unpaired) electrons. The Kier molecular flexibility index (Phi) is 3.83. The molecule has 102 valence electrons. The first-order chi connectivity index (χ1) is 8.79. The summed E-state index contributed by atoms with van der Waals surface area (Å²) in [6, 6.07) is 2.77. The van der Waals surface area contributed by atoms with Gasteiger partial charge in [-0.05, 0) is 50.9 Å². The number of hydrogen-bond donors (Lipinski definition) is 2. The fourth-order valence-corrected chi connectivity index (χ4v) is 4.89. The van der Waals surface area contributed by atoms with Crippen molar-refractivity contribution < 1.29 is 12.9 Å². The van der Waals surface area contributed by atoms with Crippen molar-refractivity contribution in [3.8, 4) is 0 Å². The van der Waals surface area contributed by atoms with Crippen LogP contribution < -0.4 is 10.5 Å². The lowest BCUT2D eigenvalue weighted by Gasteiger charge is -2.09. The second kappa shape index (κ2) is 5.10. The van der Waals surface area contributed by atoms with Gasteiger partial charge in [0.05, 0.1) is 0 Å². The van der Waals surface area contributed by atoms with Crippen molar-refractivity contribution in [3.63, 3.8) is 0 Å². The number of aromatic nitrogens is 2. The van der Waals surface area contributed by atoms with E-state index < -0.39 is 10.0 Å². The summed E-state index contributed by atoms with van der Waals surface area (Å²) in [5.41, 5.74) is 6.03. The Morgan fingerprint density at radius 3 is 2.37 bits per heavy atom. The number of anilines is 2. The van der Waals surface area contributed by atoms with Crippen molar-refractivity contribution in [1.82, 2.24) is 10.1 Å². The van der Waals surface area contributed by atoms with Gasteiger partial charge in [0.15, 0.2) is 5.82 Å². The maximum atomic E-state index is 12.2. The first-order valence-electron chi connectivity index (χ1n) is 4.87. The first-order valence-corrected chi connectivity index (χ1v) is 7.94. The molecule has 0 atom stereocenters. The zero-order valence-electron chi connectivity index (χ0n) is 9.52. The minimum Gasteiger partial charge on any atom is -0.399 e. The van der Waals surface area contributed by atoms with E-state index in [4.69, 9.17) is 10.3 Å². The van der Waals surface area contributed by atoms with Gasteiger partial charge in [-0.3, -0.25) is 0 Å². The molecular formula is C9H8Br2N4O3S. The van der Waals surface area contributed by atoms with Crippen LogP contribution in [0.4, 0.5) is 11.7 Å². The molecule has 0 unspecified atom stereocenters. The van der Waals surface area contributed by atoms with Gasteiger partial charge in [-0.15, -0.1) is 0 Å². The van der Waals surface area contributed by atoms with Crippen LogP contribution in [0, 0.1) is 6.92 Å². The number of hydrogen-bond acceptors (Lipinski definition) is 6. The van der Waals surface area contributed by atoms with E-state index in [9.17, 15) is 8.42 Å². The highest BCUT2D eigenvalue weighted by Crippen LogP contribution is 2.33. The molecule has 0 spiro atoms. The number of sulfonamides is 1. The lowest BCUT2D eigenvalue weighted by Crippen LogP contribution is -2.14. The Hall–Kier alpha value is -1.13. The van der Waals surface area contributed by atoms with Gasteiger partial charge < -0.3 is 10.3 Å². The molecule has 3 N–H and O–H groups in total. The third-order valence-corrected chi connectivity index (χ3v) is 5.23. The van der Waals surface area contributed by atoms with Crippen molar-refractivity contribution in [3.05, 3.63) is 26.9 Å². The molecule has 19 heavy (non-hydrogen) atoms. The molecule has 0 fully saturated rings. The lowest BCUT2D eigenvalue weighted by atomic mass is 10.3. The molecule has 10 heteroatoms. The van der Waals surface area contributed by atoms with Crippen LogP contribution in [0.25, 0.3) is 0 Å². The Balaban J connectivity index is 2.45. The van der Waals surface area contributed by atoms with Crippen LogP contribution in [0.5, 0.6) is 0 Å². The van der Waals surface area contributed by atoms with E-state index >= 15 is 0 Å². The Morgan fingerprint density at radius 2 is 1.89 bits per heavy atom. The van der Waals surface area contributed by atoms with E-state index in [1.807, 2.05) is 0 Å². The quantitative estimate of drug-likeness (QED) is 0.749. The van der Waals surface area contributed by atoms with Crippen molar-refractivity contribution in [2.45, 2.75) is 11.8 Å². The highest BCUT2D eigenvalue weighted by molar-refractivity contribution is 9.11. The van der Waals surface area contributed by atoms with Crippen LogP contribution in [-0.4, -0.2) is 18.6 Å². The van der Waals surface area contributed by atoms with E-state index in [0.29, 0.717) is 20.5 Å². The van der Waals surface area contributed by atoms with Gasteiger partial charge in [-0.1, -0.05) is 5.16 Å². The summed E-state index contributed by atoms with van der Waals surface area (Å²) in [5, 5.41) is 3.50. The number of rotatable bonds is 3.